The summed E-state index contributed by atoms with van der Waals surface area (Å²) < 4.78 is 0.441. The minimum atomic E-state index is -0.988. The highest BCUT2D eigenvalue weighted by Crippen LogP contribution is 2.32. The van der Waals surface area contributed by atoms with E-state index in [0.717, 1.165) is 6.20 Å². The van der Waals surface area contributed by atoms with Crippen LogP contribution in [0.2, 0.25) is 0 Å². The number of likely N-dealkylation sites (N-methyl/N-ethyl adjacent to an activating group) is 1. The lowest BCUT2D eigenvalue weighted by Crippen LogP contribution is -2.36. The lowest BCUT2D eigenvalue weighted by molar-refractivity contribution is -0.385. The van der Waals surface area contributed by atoms with Crippen LogP contribution in [-0.2, 0) is 4.79 Å². The summed E-state index contributed by atoms with van der Waals surface area (Å²) in [6.45, 7) is 2.45. The minimum Gasteiger partial charge on any atom is -0.480 e. The highest BCUT2D eigenvalue weighted by molar-refractivity contribution is 9.10. The third-order valence-corrected chi connectivity index (χ3v) is 3.81. The second kappa shape index (κ2) is 7.32. The van der Waals surface area contributed by atoms with E-state index in [1.165, 1.54) is 0 Å². The van der Waals surface area contributed by atoms with Crippen LogP contribution in [0.15, 0.2) is 10.7 Å². The van der Waals surface area contributed by atoms with E-state index in [9.17, 15) is 14.9 Å². The van der Waals surface area contributed by atoms with Gasteiger partial charge >= 0.3 is 5.97 Å². The molecule has 0 saturated heterocycles. The standard InChI is InChI=1S/C12H17BrN4O4/c1-8-9(17(20)21)6-14-12(11(8)13)16(7-10(18)19)5-4-15(2)3/h6H,4-5,7H2,1-3H3,(H,18,19). The number of carboxylic acids is 1. The van der Waals surface area contributed by atoms with Gasteiger partial charge in [0, 0.05) is 18.7 Å². The molecule has 21 heavy (non-hydrogen) atoms. The number of nitrogens with zero attached hydrogens (tertiary/aromatic N) is 4. The highest BCUT2D eigenvalue weighted by atomic mass is 79.9. The van der Waals surface area contributed by atoms with Crippen LogP contribution in [0.1, 0.15) is 5.56 Å². The highest BCUT2D eigenvalue weighted by Gasteiger charge is 2.22. The number of hydrogen-bond acceptors (Lipinski definition) is 6. The third-order valence-electron chi connectivity index (χ3n) is 2.86. The number of anilines is 1. The second-order valence-corrected chi connectivity index (χ2v) is 5.57. The van der Waals surface area contributed by atoms with E-state index >= 15 is 0 Å². The van der Waals surface area contributed by atoms with Gasteiger partial charge in [-0.2, -0.15) is 0 Å². The zero-order valence-electron chi connectivity index (χ0n) is 12.0. The Balaban J connectivity index is 3.15. The van der Waals surface area contributed by atoms with Crippen LogP contribution in [-0.4, -0.2) is 59.6 Å². The summed E-state index contributed by atoms with van der Waals surface area (Å²) in [4.78, 5) is 28.9. The fourth-order valence-electron chi connectivity index (χ4n) is 1.70. The first-order valence-electron chi connectivity index (χ1n) is 6.15. The summed E-state index contributed by atoms with van der Waals surface area (Å²) in [7, 11) is 3.75. The Morgan fingerprint density at radius 1 is 1.48 bits per heavy atom. The molecule has 0 aromatic carbocycles. The van der Waals surface area contributed by atoms with Crippen molar-refractivity contribution in [2.75, 3.05) is 38.6 Å². The fraction of sp³-hybridized carbons (Fsp3) is 0.500. The van der Waals surface area contributed by atoms with E-state index in [1.807, 2.05) is 19.0 Å². The van der Waals surface area contributed by atoms with Crippen molar-refractivity contribution in [3.05, 3.63) is 26.3 Å². The third kappa shape index (κ3) is 4.64. The SMILES string of the molecule is Cc1c([N+](=O)[O-])cnc(N(CCN(C)C)CC(=O)O)c1Br. The average Bonchev–Trinajstić information content (AvgIpc) is 2.37. The topological polar surface area (TPSA) is 99.8 Å². The largest absolute Gasteiger partial charge is 0.480 e. The normalized spacial score (nSPS) is 10.7. The van der Waals surface area contributed by atoms with Crippen LogP contribution >= 0.6 is 15.9 Å². The number of rotatable bonds is 7. The molecule has 0 fully saturated rings. The van der Waals surface area contributed by atoms with Gasteiger partial charge in [0.1, 0.15) is 18.6 Å². The number of hydrogen-bond donors (Lipinski definition) is 1. The molecule has 0 unspecified atom stereocenters. The Labute approximate surface area is 130 Å². The average molecular weight is 361 g/mol. The smallest absolute Gasteiger partial charge is 0.323 e. The monoisotopic (exact) mass is 360 g/mol. The molecule has 8 nitrogen and oxygen atoms in total. The molecule has 1 rings (SSSR count). The lowest BCUT2D eigenvalue weighted by atomic mass is 10.2. The van der Waals surface area contributed by atoms with Gasteiger partial charge in [-0.3, -0.25) is 14.9 Å². The Kier molecular flexibility index (Phi) is 6.03. The van der Waals surface area contributed by atoms with Crippen molar-refractivity contribution in [3.63, 3.8) is 0 Å². The number of carboxylic acid groups (broad SMARTS) is 1. The molecule has 1 aromatic rings. The van der Waals surface area contributed by atoms with Gasteiger partial charge in [0.05, 0.1) is 9.40 Å². The van der Waals surface area contributed by atoms with Crippen LogP contribution < -0.4 is 4.90 Å². The molecule has 0 aliphatic rings. The zero-order chi connectivity index (χ0) is 16.2. The van der Waals surface area contributed by atoms with Gasteiger partial charge in [-0.15, -0.1) is 0 Å². The van der Waals surface area contributed by atoms with Crippen molar-refractivity contribution >= 4 is 33.4 Å². The summed E-state index contributed by atoms with van der Waals surface area (Å²) >= 11 is 3.28. The van der Waals surface area contributed by atoms with Gasteiger partial charge in [0.15, 0.2) is 0 Å². The van der Waals surface area contributed by atoms with Crippen LogP contribution in [0.4, 0.5) is 11.5 Å². The summed E-state index contributed by atoms with van der Waals surface area (Å²) in [5.74, 6) is -0.596. The number of carbonyl (C=O) groups is 1. The number of halogens is 1. The zero-order valence-corrected chi connectivity index (χ0v) is 13.6. The molecule has 0 aliphatic heterocycles. The van der Waals surface area contributed by atoms with E-state index < -0.39 is 10.9 Å². The summed E-state index contributed by atoms with van der Waals surface area (Å²) in [5, 5.41) is 19.9. The molecule has 0 atom stereocenters. The van der Waals surface area contributed by atoms with Gasteiger partial charge in [0.2, 0.25) is 0 Å². The van der Waals surface area contributed by atoms with Gasteiger partial charge < -0.3 is 14.9 Å². The van der Waals surface area contributed by atoms with Gasteiger partial charge in [-0.05, 0) is 36.9 Å². The number of pyridine rings is 1. The Morgan fingerprint density at radius 3 is 2.57 bits per heavy atom. The molecule has 0 radical (unpaired) electrons. The molecule has 1 heterocycles. The maximum Gasteiger partial charge on any atom is 0.323 e. The first-order valence-corrected chi connectivity index (χ1v) is 6.94. The molecular formula is C12H17BrN4O4. The Bertz CT molecular complexity index is 550. The van der Waals surface area contributed by atoms with Gasteiger partial charge in [-0.1, -0.05) is 0 Å². The second-order valence-electron chi connectivity index (χ2n) is 4.78. The Hall–Kier alpha value is -1.74. The molecule has 0 saturated carbocycles. The molecule has 0 spiro atoms. The maximum absolute atomic E-state index is 11.0. The molecule has 0 bridgehead atoms. The first-order chi connectivity index (χ1) is 9.73. The van der Waals surface area contributed by atoms with E-state index in [-0.39, 0.29) is 12.2 Å². The maximum atomic E-state index is 11.0. The van der Waals surface area contributed by atoms with Gasteiger partial charge in [0.25, 0.3) is 5.69 Å². The number of aliphatic carboxylic acids is 1. The quantitative estimate of drug-likeness (QED) is 0.580. The minimum absolute atomic E-state index is 0.103. The molecule has 116 valence electrons. The van der Waals surface area contributed by atoms with Gasteiger partial charge in [-0.25, -0.2) is 4.98 Å². The molecule has 0 amide bonds. The lowest BCUT2D eigenvalue weighted by Gasteiger charge is -2.25. The van der Waals surface area contributed by atoms with Crippen molar-refractivity contribution in [1.29, 1.82) is 0 Å². The van der Waals surface area contributed by atoms with E-state index in [2.05, 4.69) is 20.9 Å². The van der Waals surface area contributed by atoms with Crippen molar-refractivity contribution in [2.24, 2.45) is 0 Å². The van der Waals surface area contributed by atoms with Crippen LogP contribution in [0.25, 0.3) is 0 Å². The van der Waals surface area contributed by atoms with Crippen LogP contribution in [0.5, 0.6) is 0 Å². The van der Waals surface area contributed by atoms with E-state index in [1.54, 1.807) is 11.8 Å². The van der Waals surface area contributed by atoms with E-state index in [4.69, 9.17) is 5.11 Å². The Morgan fingerprint density at radius 2 is 2.10 bits per heavy atom. The molecule has 1 aromatic heterocycles. The summed E-state index contributed by atoms with van der Waals surface area (Å²) in [6.07, 6.45) is 1.15. The van der Waals surface area contributed by atoms with Crippen molar-refractivity contribution in [3.8, 4) is 0 Å². The molecular weight excluding hydrogens is 344 g/mol. The predicted molar refractivity (Wildman–Crippen MR) is 81.7 cm³/mol. The summed E-state index contributed by atoms with van der Waals surface area (Å²) in [5.41, 5.74) is 0.318. The number of aromatic nitrogens is 1. The molecule has 1 N–H and O–H groups in total. The number of nitro groups is 1. The van der Waals surface area contributed by atoms with E-state index in [0.29, 0.717) is 28.9 Å². The van der Waals surface area contributed by atoms with Crippen LogP contribution in [0.3, 0.4) is 0 Å². The fourth-order valence-corrected chi connectivity index (χ4v) is 2.26. The predicted octanol–water partition coefficient (Wildman–Crippen LogP) is 1.51. The van der Waals surface area contributed by atoms with Crippen molar-refractivity contribution in [2.45, 2.75) is 6.92 Å². The first kappa shape index (κ1) is 17.3. The van der Waals surface area contributed by atoms with Crippen molar-refractivity contribution < 1.29 is 14.8 Å². The molecule has 9 heteroatoms. The molecule has 0 aliphatic carbocycles. The van der Waals surface area contributed by atoms with Crippen molar-refractivity contribution in [1.82, 2.24) is 9.88 Å². The van der Waals surface area contributed by atoms with Crippen LogP contribution in [0, 0.1) is 17.0 Å². The summed E-state index contributed by atoms with van der Waals surface area (Å²) in [6, 6.07) is 0.